The largest absolute Gasteiger partial charge is 0.326 e. The smallest absolute Gasteiger partial charge is 0.227 e. The highest BCUT2D eigenvalue weighted by molar-refractivity contribution is 5.92. The van der Waals surface area contributed by atoms with Crippen molar-refractivity contribution in [2.24, 2.45) is 11.3 Å². The number of nitriles is 1. The second-order valence-electron chi connectivity index (χ2n) is 5.27. The molecule has 1 N–H and O–H groups in total. The Balaban J connectivity index is 0. The first-order valence-corrected chi connectivity index (χ1v) is 7.65. The monoisotopic (exact) mass is 290 g/mol. The van der Waals surface area contributed by atoms with Crippen LogP contribution in [0.5, 0.6) is 0 Å². The lowest BCUT2D eigenvalue weighted by Crippen LogP contribution is -2.30. The molecule has 21 heavy (non-hydrogen) atoms. The summed E-state index contributed by atoms with van der Waals surface area (Å²) in [5.74, 6) is -0.110. The fourth-order valence-corrected chi connectivity index (χ4v) is 1.31. The van der Waals surface area contributed by atoms with Crippen molar-refractivity contribution < 1.29 is 4.79 Å². The first kappa shape index (κ1) is 21.5. The zero-order valence-corrected chi connectivity index (χ0v) is 14.7. The quantitative estimate of drug-likeness (QED) is 0.810. The van der Waals surface area contributed by atoms with Crippen LogP contribution in [0.4, 0.5) is 5.69 Å². The van der Waals surface area contributed by atoms with Gasteiger partial charge in [0.05, 0.1) is 11.6 Å². The molecule has 1 atom stereocenters. The third-order valence-corrected chi connectivity index (χ3v) is 2.95. The number of anilines is 1. The van der Waals surface area contributed by atoms with E-state index >= 15 is 0 Å². The first-order valence-electron chi connectivity index (χ1n) is 7.65. The van der Waals surface area contributed by atoms with Crippen molar-refractivity contribution in [3.05, 3.63) is 29.8 Å². The second kappa shape index (κ2) is 10.9. The average Bonchev–Trinajstić information content (AvgIpc) is 2.49. The standard InChI is InChI=1S/C14H18N2O.2C2H6/c1-10(14(2,3)4)13(17)16-12-7-5-6-11(8-12)9-15;2*1-2/h5-8,10H,1-4H3,(H,16,17);2*1-2H3. The fraction of sp³-hybridized carbons (Fsp3) is 0.556. The van der Waals surface area contributed by atoms with Gasteiger partial charge in [-0.25, -0.2) is 0 Å². The average molecular weight is 290 g/mol. The minimum Gasteiger partial charge on any atom is -0.326 e. The Hall–Kier alpha value is -1.82. The number of rotatable bonds is 2. The number of nitrogens with zero attached hydrogens (tertiary/aromatic N) is 1. The molecule has 0 radical (unpaired) electrons. The van der Waals surface area contributed by atoms with E-state index in [4.69, 9.17) is 5.26 Å². The lowest BCUT2D eigenvalue weighted by atomic mass is 9.81. The number of carbonyl (C=O) groups excluding carboxylic acids is 1. The van der Waals surface area contributed by atoms with E-state index in [1.807, 2.05) is 61.5 Å². The third kappa shape index (κ3) is 8.14. The number of carbonyl (C=O) groups is 1. The first-order chi connectivity index (χ1) is 9.84. The maximum atomic E-state index is 12.0. The van der Waals surface area contributed by atoms with Crippen molar-refractivity contribution in [3.8, 4) is 6.07 Å². The van der Waals surface area contributed by atoms with Crippen molar-refractivity contribution in [3.63, 3.8) is 0 Å². The fourth-order valence-electron chi connectivity index (χ4n) is 1.31. The molecule has 1 aromatic rings. The number of amides is 1. The van der Waals surface area contributed by atoms with Crippen LogP contribution in [0.25, 0.3) is 0 Å². The van der Waals surface area contributed by atoms with Crippen molar-refractivity contribution in [2.45, 2.75) is 55.4 Å². The summed E-state index contributed by atoms with van der Waals surface area (Å²) in [6, 6.07) is 8.98. The van der Waals surface area contributed by atoms with Crippen molar-refractivity contribution in [1.82, 2.24) is 0 Å². The Kier molecular flexibility index (Phi) is 11.2. The molecule has 0 heterocycles. The zero-order valence-electron chi connectivity index (χ0n) is 14.7. The van der Waals surface area contributed by atoms with Gasteiger partial charge in [-0.3, -0.25) is 4.79 Å². The zero-order chi connectivity index (χ0) is 17.1. The van der Waals surface area contributed by atoms with E-state index in [-0.39, 0.29) is 17.2 Å². The number of nitrogens with one attached hydrogen (secondary N) is 1. The molecule has 0 aliphatic heterocycles. The maximum absolute atomic E-state index is 12.0. The van der Waals surface area contributed by atoms with E-state index in [2.05, 4.69) is 5.32 Å². The van der Waals surface area contributed by atoms with E-state index in [1.54, 1.807) is 24.3 Å². The van der Waals surface area contributed by atoms with E-state index < -0.39 is 0 Å². The van der Waals surface area contributed by atoms with Crippen LogP contribution in [0, 0.1) is 22.7 Å². The molecular formula is C18H30N2O. The minimum absolute atomic E-state index is 0.0208. The van der Waals surface area contributed by atoms with Gasteiger partial charge < -0.3 is 5.32 Å². The lowest BCUT2D eigenvalue weighted by Gasteiger charge is -2.26. The van der Waals surface area contributed by atoms with Gasteiger partial charge in [0.1, 0.15) is 0 Å². The van der Waals surface area contributed by atoms with Gasteiger partial charge in [0.15, 0.2) is 0 Å². The van der Waals surface area contributed by atoms with Crippen LogP contribution >= 0.6 is 0 Å². The van der Waals surface area contributed by atoms with E-state index in [0.717, 1.165) is 0 Å². The molecule has 0 aliphatic rings. The van der Waals surface area contributed by atoms with Gasteiger partial charge in [-0.15, -0.1) is 0 Å². The molecule has 1 aromatic carbocycles. The summed E-state index contributed by atoms with van der Waals surface area (Å²) in [5, 5.41) is 11.6. The molecule has 3 nitrogen and oxygen atoms in total. The Bertz CT molecular complexity index is 453. The van der Waals surface area contributed by atoms with Gasteiger partial charge in [0.25, 0.3) is 0 Å². The van der Waals surface area contributed by atoms with Crippen LogP contribution in [0.1, 0.15) is 61.0 Å². The molecule has 0 saturated heterocycles. The highest BCUT2D eigenvalue weighted by Crippen LogP contribution is 2.26. The van der Waals surface area contributed by atoms with Gasteiger partial charge in [-0.1, -0.05) is 61.5 Å². The molecule has 0 aliphatic carbocycles. The highest BCUT2D eigenvalue weighted by atomic mass is 16.1. The van der Waals surface area contributed by atoms with Crippen LogP contribution in [0.3, 0.4) is 0 Å². The highest BCUT2D eigenvalue weighted by Gasteiger charge is 2.26. The normalized spacial score (nSPS) is 10.8. The van der Waals surface area contributed by atoms with Gasteiger partial charge >= 0.3 is 0 Å². The van der Waals surface area contributed by atoms with Crippen LogP contribution in [-0.2, 0) is 4.79 Å². The maximum Gasteiger partial charge on any atom is 0.227 e. The SMILES string of the molecule is CC.CC.CC(C(=O)Nc1cccc(C#N)c1)C(C)(C)C. The van der Waals surface area contributed by atoms with E-state index in [9.17, 15) is 4.79 Å². The summed E-state index contributed by atoms with van der Waals surface area (Å²) >= 11 is 0. The number of hydrogen-bond acceptors (Lipinski definition) is 2. The molecular weight excluding hydrogens is 260 g/mol. The Morgan fingerprint density at radius 2 is 1.71 bits per heavy atom. The minimum atomic E-state index is -0.0896. The Morgan fingerprint density at radius 3 is 2.14 bits per heavy atom. The molecule has 0 saturated carbocycles. The van der Waals surface area contributed by atoms with Crippen LogP contribution in [0.2, 0.25) is 0 Å². The van der Waals surface area contributed by atoms with E-state index in [0.29, 0.717) is 11.3 Å². The summed E-state index contributed by atoms with van der Waals surface area (Å²) < 4.78 is 0. The van der Waals surface area contributed by atoms with E-state index in [1.165, 1.54) is 0 Å². The molecule has 118 valence electrons. The summed E-state index contributed by atoms with van der Waals surface area (Å²) in [6.07, 6.45) is 0. The summed E-state index contributed by atoms with van der Waals surface area (Å²) in [4.78, 5) is 12.0. The lowest BCUT2D eigenvalue weighted by molar-refractivity contribution is -0.122. The molecule has 0 spiro atoms. The topological polar surface area (TPSA) is 52.9 Å². The predicted molar refractivity (Wildman–Crippen MR) is 91.1 cm³/mol. The van der Waals surface area contributed by atoms with Crippen LogP contribution < -0.4 is 5.32 Å². The Labute approximate surface area is 130 Å². The number of benzene rings is 1. The molecule has 0 bridgehead atoms. The van der Waals surface area contributed by atoms with Gasteiger partial charge in [0.2, 0.25) is 5.91 Å². The summed E-state index contributed by atoms with van der Waals surface area (Å²) in [6.45, 7) is 16.0. The Morgan fingerprint density at radius 1 is 1.19 bits per heavy atom. The van der Waals surface area contributed by atoms with Crippen LogP contribution in [0.15, 0.2) is 24.3 Å². The van der Waals surface area contributed by atoms with Gasteiger partial charge in [0, 0.05) is 11.6 Å². The predicted octanol–water partition coefficient (Wildman–Crippen LogP) is 5.23. The summed E-state index contributed by atoms with van der Waals surface area (Å²) in [7, 11) is 0. The molecule has 1 amide bonds. The third-order valence-electron chi connectivity index (χ3n) is 2.95. The van der Waals surface area contributed by atoms with Crippen molar-refractivity contribution in [2.75, 3.05) is 5.32 Å². The molecule has 3 heteroatoms. The molecule has 1 rings (SSSR count). The summed E-state index contributed by atoms with van der Waals surface area (Å²) in [5.41, 5.74) is 1.15. The molecule has 0 aromatic heterocycles. The van der Waals surface area contributed by atoms with Crippen molar-refractivity contribution >= 4 is 11.6 Å². The van der Waals surface area contributed by atoms with Crippen molar-refractivity contribution in [1.29, 1.82) is 5.26 Å². The number of hydrogen-bond donors (Lipinski definition) is 1. The second-order valence-corrected chi connectivity index (χ2v) is 5.27. The molecule has 1 unspecified atom stereocenters. The van der Waals surface area contributed by atoms with Gasteiger partial charge in [-0.05, 0) is 23.6 Å². The molecule has 0 fully saturated rings. The van der Waals surface area contributed by atoms with Gasteiger partial charge in [-0.2, -0.15) is 5.26 Å². The van der Waals surface area contributed by atoms with Crippen LogP contribution in [-0.4, -0.2) is 5.91 Å².